The molecule has 2 amide bonds. The van der Waals surface area contributed by atoms with Crippen LogP contribution in [-0.4, -0.2) is 28.0 Å². The molecule has 0 fully saturated rings. The highest BCUT2D eigenvalue weighted by molar-refractivity contribution is 7.98. The fraction of sp³-hybridized carbons (Fsp3) is 0.294. The van der Waals surface area contributed by atoms with Crippen molar-refractivity contribution in [3.05, 3.63) is 50.8 Å². The van der Waals surface area contributed by atoms with Gasteiger partial charge in [-0.15, -0.1) is 0 Å². The van der Waals surface area contributed by atoms with Gasteiger partial charge in [0.05, 0.1) is 10.6 Å². The number of nitrogens with one attached hydrogen (secondary N) is 2. The molecule has 0 aliphatic carbocycles. The summed E-state index contributed by atoms with van der Waals surface area (Å²) < 4.78 is 0. The van der Waals surface area contributed by atoms with Gasteiger partial charge in [-0.25, -0.2) is 9.97 Å². The quantitative estimate of drug-likeness (QED) is 0.445. The van der Waals surface area contributed by atoms with Crippen molar-refractivity contribution in [2.45, 2.75) is 31.8 Å². The summed E-state index contributed by atoms with van der Waals surface area (Å²) in [5, 5.41) is 1.34. The highest BCUT2D eigenvalue weighted by Gasteiger charge is 2.13. The highest BCUT2D eigenvalue weighted by atomic mass is 35.5. The molecule has 9 heteroatoms. The molecule has 0 radical (unpaired) electrons. The largest absolute Gasteiger partial charge is 0.273 e. The molecule has 0 atom stereocenters. The van der Waals surface area contributed by atoms with Gasteiger partial charge >= 0.3 is 0 Å². The maximum absolute atomic E-state index is 12.1. The van der Waals surface area contributed by atoms with Crippen LogP contribution in [0.1, 0.15) is 33.7 Å². The molecule has 26 heavy (non-hydrogen) atoms. The van der Waals surface area contributed by atoms with E-state index in [1.807, 2.05) is 20.1 Å². The van der Waals surface area contributed by atoms with Crippen LogP contribution in [0.4, 0.5) is 0 Å². The van der Waals surface area contributed by atoms with Gasteiger partial charge < -0.3 is 0 Å². The molecule has 1 aromatic heterocycles. The Bertz CT molecular complexity index is 823. The first-order chi connectivity index (χ1) is 12.3. The van der Waals surface area contributed by atoms with Crippen LogP contribution in [0, 0.1) is 13.8 Å². The summed E-state index contributed by atoms with van der Waals surface area (Å²) in [5.74, 6) is -0.866. The van der Waals surface area contributed by atoms with Gasteiger partial charge in [0.1, 0.15) is 0 Å². The fourth-order valence-corrected chi connectivity index (χ4v) is 3.16. The Labute approximate surface area is 166 Å². The minimum atomic E-state index is -0.536. The second-order valence-electron chi connectivity index (χ2n) is 5.49. The number of hydrogen-bond donors (Lipinski definition) is 2. The van der Waals surface area contributed by atoms with Crippen molar-refractivity contribution in [3.63, 3.8) is 0 Å². The smallest absolute Gasteiger partial charge is 0.271 e. The van der Waals surface area contributed by atoms with Crippen molar-refractivity contribution in [1.29, 1.82) is 0 Å². The van der Waals surface area contributed by atoms with Gasteiger partial charge in [0.15, 0.2) is 5.16 Å². The van der Waals surface area contributed by atoms with Gasteiger partial charge in [0, 0.05) is 22.8 Å². The second kappa shape index (κ2) is 9.21. The van der Waals surface area contributed by atoms with E-state index in [-0.39, 0.29) is 22.9 Å². The summed E-state index contributed by atoms with van der Waals surface area (Å²) in [7, 11) is 0. The molecule has 138 valence electrons. The lowest BCUT2D eigenvalue weighted by Crippen LogP contribution is -2.41. The highest BCUT2D eigenvalue weighted by Crippen LogP contribution is 2.20. The SMILES string of the molecule is CSc1nc(C)c(CCC(=O)NNC(=O)c2cc(Cl)ccc2Cl)c(C)n1. The first kappa shape index (κ1) is 20.5. The number of hydrogen-bond acceptors (Lipinski definition) is 5. The molecular formula is C17H18Cl2N4O2S. The van der Waals surface area contributed by atoms with Gasteiger partial charge in [-0.1, -0.05) is 35.0 Å². The molecule has 0 unspecified atom stereocenters. The van der Waals surface area contributed by atoms with Gasteiger partial charge in [-0.2, -0.15) is 0 Å². The van der Waals surface area contributed by atoms with Crippen LogP contribution in [0.15, 0.2) is 23.4 Å². The summed E-state index contributed by atoms with van der Waals surface area (Å²) in [4.78, 5) is 32.9. The molecule has 0 saturated heterocycles. The molecule has 1 heterocycles. The van der Waals surface area contributed by atoms with Gasteiger partial charge in [0.2, 0.25) is 5.91 Å². The summed E-state index contributed by atoms with van der Waals surface area (Å²) in [6.45, 7) is 3.79. The predicted molar refractivity (Wildman–Crippen MR) is 104 cm³/mol. The standard InChI is InChI=1S/C17H18Cl2N4O2S/c1-9-12(10(2)21-17(20-9)26-3)5-7-15(24)22-23-16(25)13-8-11(18)4-6-14(13)19/h4,6,8H,5,7H2,1-3H3,(H,22,24)(H,23,25). The van der Waals surface area contributed by atoms with E-state index < -0.39 is 5.91 Å². The maximum atomic E-state index is 12.1. The molecule has 2 rings (SSSR count). The minimum Gasteiger partial charge on any atom is -0.273 e. The monoisotopic (exact) mass is 412 g/mol. The summed E-state index contributed by atoms with van der Waals surface area (Å²) >= 11 is 13.3. The fourth-order valence-electron chi connectivity index (χ4n) is 2.33. The number of halogens is 2. The van der Waals surface area contributed by atoms with Crippen LogP contribution in [-0.2, 0) is 11.2 Å². The van der Waals surface area contributed by atoms with Gasteiger partial charge in [-0.05, 0) is 50.3 Å². The van der Waals surface area contributed by atoms with E-state index in [0.717, 1.165) is 17.0 Å². The van der Waals surface area contributed by atoms with E-state index in [9.17, 15) is 9.59 Å². The Hall–Kier alpha value is -1.83. The Morgan fingerprint density at radius 2 is 1.77 bits per heavy atom. The number of carbonyl (C=O) groups is 2. The first-order valence-corrected chi connectivity index (χ1v) is 9.72. The number of aromatic nitrogens is 2. The van der Waals surface area contributed by atoms with Crippen LogP contribution in [0.3, 0.4) is 0 Å². The number of thioether (sulfide) groups is 1. The molecule has 2 aromatic rings. The summed E-state index contributed by atoms with van der Waals surface area (Å²) in [5.41, 5.74) is 7.53. The third kappa shape index (κ3) is 5.33. The zero-order valence-corrected chi connectivity index (χ0v) is 16.8. The third-order valence-electron chi connectivity index (χ3n) is 3.67. The van der Waals surface area contributed by atoms with Crippen LogP contribution < -0.4 is 10.9 Å². The summed E-state index contributed by atoms with van der Waals surface area (Å²) in [6.07, 6.45) is 2.58. The van der Waals surface area contributed by atoms with Crippen molar-refractivity contribution >= 4 is 46.8 Å². The first-order valence-electron chi connectivity index (χ1n) is 7.74. The molecule has 2 N–H and O–H groups in total. The number of aryl methyl sites for hydroxylation is 2. The molecule has 0 saturated carbocycles. The zero-order chi connectivity index (χ0) is 19.3. The Morgan fingerprint density at radius 3 is 2.38 bits per heavy atom. The van der Waals surface area contributed by atoms with Crippen molar-refractivity contribution in [2.24, 2.45) is 0 Å². The number of carbonyl (C=O) groups excluding carboxylic acids is 2. The van der Waals surface area contributed by atoms with Crippen LogP contribution in [0.25, 0.3) is 0 Å². The van der Waals surface area contributed by atoms with E-state index in [0.29, 0.717) is 16.6 Å². The minimum absolute atomic E-state index is 0.187. The molecule has 0 bridgehead atoms. The lowest BCUT2D eigenvalue weighted by Gasteiger charge is -2.11. The molecule has 0 aliphatic rings. The van der Waals surface area contributed by atoms with Crippen molar-refractivity contribution in [1.82, 2.24) is 20.8 Å². The molecule has 6 nitrogen and oxygen atoms in total. The van der Waals surface area contributed by atoms with Crippen molar-refractivity contribution in [3.8, 4) is 0 Å². The van der Waals surface area contributed by atoms with E-state index in [1.54, 1.807) is 6.07 Å². The van der Waals surface area contributed by atoms with Crippen LogP contribution in [0.2, 0.25) is 10.0 Å². The Morgan fingerprint density at radius 1 is 1.12 bits per heavy atom. The van der Waals surface area contributed by atoms with Crippen molar-refractivity contribution < 1.29 is 9.59 Å². The number of benzene rings is 1. The lowest BCUT2D eigenvalue weighted by molar-refractivity contribution is -0.121. The van der Waals surface area contributed by atoms with Crippen LogP contribution in [0.5, 0.6) is 0 Å². The third-order valence-corrected chi connectivity index (χ3v) is 4.79. The number of nitrogens with zero attached hydrogens (tertiary/aromatic N) is 2. The Kier molecular flexibility index (Phi) is 7.25. The Balaban J connectivity index is 1.92. The van der Waals surface area contributed by atoms with E-state index in [4.69, 9.17) is 23.2 Å². The van der Waals surface area contributed by atoms with Crippen LogP contribution >= 0.6 is 35.0 Å². The van der Waals surface area contributed by atoms with E-state index in [1.165, 1.54) is 23.9 Å². The molecule has 0 aliphatic heterocycles. The van der Waals surface area contributed by atoms with E-state index in [2.05, 4.69) is 20.8 Å². The molecule has 1 aromatic carbocycles. The number of hydrazine groups is 1. The maximum Gasteiger partial charge on any atom is 0.271 e. The molecular weight excluding hydrogens is 395 g/mol. The predicted octanol–water partition coefficient (Wildman–Crippen LogP) is 3.52. The average molecular weight is 413 g/mol. The van der Waals surface area contributed by atoms with E-state index >= 15 is 0 Å². The van der Waals surface area contributed by atoms with Gasteiger partial charge in [-0.3, -0.25) is 20.4 Å². The second-order valence-corrected chi connectivity index (χ2v) is 7.10. The normalized spacial score (nSPS) is 10.5. The lowest BCUT2D eigenvalue weighted by atomic mass is 10.1. The topological polar surface area (TPSA) is 84.0 Å². The number of amides is 2. The number of rotatable bonds is 5. The molecule has 0 spiro atoms. The zero-order valence-electron chi connectivity index (χ0n) is 14.5. The summed E-state index contributed by atoms with van der Waals surface area (Å²) in [6, 6.07) is 4.53. The average Bonchev–Trinajstić information content (AvgIpc) is 2.60. The van der Waals surface area contributed by atoms with Gasteiger partial charge in [0.25, 0.3) is 5.91 Å². The van der Waals surface area contributed by atoms with Crippen molar-refractivity contribution in [2.75, 3.05) is 6.26 Å².